The van der Waals surface area contributed by atoms with E-state index in [2.05, 4.69) is 0 Å². The first-order valence-electron chi connectivity index (χ1n) is 9.20. The van der Waals surface area contributed by atoms with Crippen molar-refractivity contribution in [2.45, 2.75) is 19.4 Å². The predicted molar refractivity (Wildman–Crippen MR) is 111 cm³/mol. The van der Waals surface area contributed by atoms with Crippen LogP contribution in [0.25, 0.3) is 0 Å². The minimum atomic E-state index is -3.41. The number of hydrogen-bond acceptors (Lipinski definition) is 7. The molecule has 0 aromatic heterocycles. The van der Waals surface area contributed by atoms with Crippen LogP contribution in [0.1, 0.15) is 33.2 Å². The Bertz CT molecular complexity index is 1090. The van der Waals surface area contributed by atoms with Crippen LogP contribution in [-0.2, 0) is 21.2 Å². The van der Waals surface area contributed by atoms with Crippen LogP contribution >= 0.6 is 0 Å². The maximum atomic E-state index is 12.5. The molecule has 0 radical (unpaired) electrons. The van der Waals surface area contributed by atoms with Crippen molar-refractivity contribution in [2.24, 2.45) is 0 Å². The third-order valence-electron chi connectivity index (χ3n) is 4.87. The third-order valence-corrected chi connectivity index (χ3v) is 6.14. The highest BCUT2D eigenvalue weighted by atomic mass is 32.2. The minimum Gasteiger partial charge on any atom is -0.497 e. The van der Waals surface area contributed by atoms with E-state index in [4.69, 9.17) is 14.2 Å². The summed E-state index contributed by atoms with van der Waals surface area (Å²) < 4.78 is 40.9. The van der Waals surface area contributed by atoms with Gasteiger partial charge >= 0.3 is 5.97 Å². The quantitative estimate of drug-likeness (QED) is 0.488. The Hall–Kier alpha value is -3.07. The number of methoxy groups -OCH3 is 2. The number of Topliss-reactive ketones (excluding diaryl/α,β-unsaturated/α-hetero) is 1. The Kier molecular flexibility index (Phi) is 6.02. The van der Waals surface area contributed by atoms with E-state index in [1.54, 1.807) is 31.2 Å². The minimum absolute atomic E-state index is 0.233. The van der Waals surface area contributed by atoms with E-state index in [-0.39, 0.29) is 17.2 Å². The first-order chi connectivity index (χ1) is 14.2. The molecule has 1 aliphatic heterocycles. The molecule has 1 atom stereocenters. The van der Waals surface area contributed by atoms with Gasteiger partial charge in [0.25, 0.3) is 0 Å². The Morgan fingerprint density at radius 2 is 1.83 bits per heavy atom. The molecule has 8 nitrogen and oxygen atoms in total. The molecule has 0 saturated carbocycles. The zero-order chi connectivity index (χ0) is 22.1. The van der Waals surface area contributed by atoms with Crippen LogP contribution in [0.15, 0.2) is 36.4 Å². The highest BCUT2D eigenvalue weighted by Gasteiger charge is 2.33. The molecular weight excluding hydrogens is 410 g/mol. The lowest BCUT2D eigenvalue weighted by molar-refractivity contribution is 0.0474. The number of anilines is 1. The Balaban J connectivity index is 1.74. The number of esters is 1. The van der Waals surface area contributed by atoms with Crippen molar-refractivity contribution in [2.75, 3.05) is 31.4 Å². The maximum absolute atomic E-state index is 12.5. The van der Waals surface area contributed by atoms with Gasteiger partial charge < -0.3 is 14.2 Å². The second-order valence-corrected chi connectivity index (χ2v) is 8.88. The molecule has 30 heavy (non-hydrogen) atoms. The van der Waals surface area contributed by atoms with Gasteiger partial charge in [0.2, 0.25) is 15.8 Å². The van der Waals surface area contributed by atoms with Crippen molar-refractivity contribution in [3.05, 3.63) is 53.1 Å². The summed E-state index contributed by atoms with van der Waals surface area (Å²) >= 11 is 0. The van der Waals surface area contributed by atoms with Crippen LogP contribution in [0.2, 0.25) is 0 Å². The molecule has 0 fully saturated rings. The molecular formula is C21H23NO7S. The van der Waals surface area contributed by atoms with E-state index >= 15 is 0 Å². The third kappa shape index (κ3) is 4.25. The molecule has 1 unspecified atom stereocenters. The number of carbonyl (C=O) groups is 2. The number of hydrogen-bond donors (Lipinski definition) is 0. The number of ketones is 1. The first kappa shape index (κ1) is 21.6. The van der Waals surface area contributed by atoms with Gasteiger partial charge in [0.05, 0.1) is 37.3 Å². The smallest absolute Gasteiger partial charge is 0.338 e. The molecule has 2 aromatic rings. The number of fused-ring (bicyclic) bond motifs is 1. The summed E-state index contributed by atoms with van der Waals surface area (Å²) in [7, 11) is -0.490. The SMILES string of the molecule is COc1ccc(OC)c(C(=O)COC(=O)c2ccc3c(c2)CC(C)N3S(C)(=O)=O)c1. The zero-order valence-corrected chi connectivity index (χ0v) is 18.0. The predicted octanol–water partition coefficient (Wildman–Crippen LogP) is 2.45. The van der Waals surface area contributed by atoms with Crippen LogP contribution in [0.4, 0.5) is 5.69 Å². The van der Waals surface area contributed by atoms with Crippen molar-refractivity contribution in [1.82, 2.24) is 0 Å². The van der Waals surface area contributed by atoms with Crippen LogP contribution in [0, 0.1) is 0 Å². The summed E-state index contributed by atoms with van der Waals surface area (Å²) in [6, 6.07) is 9.23. The summed E-state index contributed by atoms with van der Waals surface area (Å²) in [6.07, 6.45) is 1.64. The number of carbonyl (C=O) groups excluding carboxylic acids is 2. The molecule has 0 saturated heterocycles. The van der Waals surface area contributed by atoms with Crippen molar-refractivity contribution < 1.29 is 32.2 Å². The normalized spacial score (nSPS) is 15.5. The Morgan fingerprint density at radius 1 is 1.10 bits per heavy atom. The fourth-order valence-corrected chi connectivity index (χ4v) is 4.82. The Morgan fingerprint density at radius 3 is 2.47 bits per heavy atom. The molecule has 0 amide bonds. The summed E-state index contributed by atoms with van der Waals surface area (Å²) in [5.74, 6) is -0.270. The summed E-state index contributed by atoms with van der Waals surface area (Å²) in [5.41, 5.74) is 1.79. The zero-order valence-electron chi connectivity index (χ0n) is 17.2. The molecule has 2 aromatic carbocycles. The van der Waals surface area contributed by atoms with E-state index in [1.165, 1.54) is 30.7 Å². The monoisotopic (exact) mass is 433 g/mol. The molecule has 160 valence electrons. The van der Waals surface area contributed by atoms with Crippen LogP contribution in [0.5, 0.6) is 11.5 Å². The number of ether oxygens (including phenoxy) is 3. The van der Waals surface area contributed by atoms with Gasteiger partial charge in [0.15, 0.2) is 6.61 Å². The number of benzene rings is 2. The largest absolute Gasteiger partial charge is 0.497 e. The number of rotatable bonds is 7. The lowest BCUT2D eigenvalue weighted by Gasteiger charge is -2.21. The van der Waals surface area contributed by atoms with Crippen molar-refractivity contribution in [1.29, 1.82) is 0 Å². The number of nitrogens with zero attached hydrogens (tertiary/aromatic N) is 1. The van der Waals surface area contributed by atoms with Gasteiger partial charge in [-0.1, -0.05) is 0 Å². The lowest BCUT2D eigenvalue weighted by Crippen LogP contribution is -2.34. The molecule has 1 aliphatic rings. The van der Waals surface area contributed by atoms with Gasteiger partial charge in [0.1, 0.15) is 11.5 Å². The molecule has 0 spiro atoms. The first-order valence-corrected chi connectivity index (χ1v) is 11.0. The molecule has 0 bridgehead atoms. The van der Waals surface area contributed by atoms with E-state index < -0.39 is 28.4 Å². The van der Waals surface area contributed by atoms with E-state index in [9.17, 15) is 18.0 Å². The van der Waals surface area contributed by atoms with Crippen LogP contribution in [0.3, 0.4) is 0 Å². The Labute approximate surface area is 175 Å². The lowest BCUT2D eigenvalue weighted by atomic mass is 10.1. The maximum Gasteiger partial charge on any atom is 0.338 e. The van der Waals surface area contributed by atoms with Crippen LogP contribution < -0.4 is 13.8 Å². The van der Waals surface area contributed by atoms with E-state index in [0.29, 0.717) is 23.6 Å². The van der Waals surface area contributed by atoms with Gasteiger partial charge in [-0.3, -0.25) is 9.10 Å². The molecule has 0 aliphatic carbocycles. The van der Waals surface area contributed by atoms with Gasteiger partial charge in [0, 0.05) is 6.04 Å². The van der Waals surface area contributed by atoms with Gasteiger partial charge in [-0.25, -0.2) is 13.2 Å². The van der Waals surface area contributed by atoms with Gasteiger partial charge in [-0.15, -0.1) is 0 Å². The average molecular weight is 433 g/mol. The van der Waals surface area contributed by atoms with Crippen molar-refractivity contribution in [3.63, 3.8) is 0 Å². The standard InChI is InChI=1S/C21H23NO7S/c1-13-9-15-10-14(5-7-18(15)22(13)30(4,25)26)21(24)29-12-19(23)17-11-16(27-2)6-8-20(17)28-3/h5-8,10-11,13H,9,12H2,1-4H3. The number of sulfonamides is 1. The highest BCUT2D eigenvalue weighted by Crippen LogP contribution is 2.34. The topological polar surface area (TPSA) is 99.2 Å². The average Bonchev–Trinajstić information content (AvgIpc) is 3.06. The highest BCUT2D eigenvalue weighted by molar-refractivity contribution is 7.92. The van der Waals surface area contributed by atoms with Gasteiger partial charge in [-0.05, 0) is 55.3 Å². The van der Waals surface area contributed by atoms with E-state index in [0.717, 1.165) is 11.8 Å². The summed E-state index contributed by atoms with van der Waals surface area (Å²) in [4.78, 5) is 25.0. The van der Waals surface area contributed by atoms with E-state index in [1.807, 2.05) is 0 Å². The second-order valence-electron chi connectivity index (χ2n) is 7.02. The molecule has 0 N–H and O–H groups in total. The summed E-state index contributed by atoms with van der Waals surface area (Å²) in [5, 5.41) is 0. The molecule has 9 heteroatoms. The van der Waals surface area contributed by atoms with Crippen LogP contribution in [-0.4, -0.2) is 53.3 Å². The fourth-order valence-electron chi connectivity index (χ4n) is 3.56. The molecule has 1 heterocycles. The van der Waals surface area contributed by atoms with Gasteiger partial charge in [-0.2, -0.15) is 0 Å². The second kappa shape index (κ2) is 8.35. The molecule has 3 rings (SSSR count). The fraction of sp³-hybridized carbons (Fsp3) is 0.333. The van der Waals surface area contributed by atoms with Crippen molar-refractivity contribution in [3.8, 4) is 11.5 Å². The summed E-state index contributed by atoms with van der Waals surface area (Å²) in [6.45, 7) is 1.34. The van der Waals surface area contributed by atoms with Crippen molar-refractivity contribution >= 4 is 27.5 Å².